The zero-order chi connectivity index (χ0) is 24.0. The Kier molecular flexibility index (Phi) is 7.78. The number of urea groups is 1. The Morgan fingerprint density at radius 1 is 1.21 bits per heavy atom. The number of carbonyl (C=O) groups is 3. The third kappa shape index (κ3) is 5.22. The monoisotopic (exact) mass is 487 g/mol. The van der Waals surface area contributed by atoms with Crippen LogP contribution in [0.2, 0.25) is 0 Å². The van der Waals surface area contributed by atoms with Gasteiger partial charge < -0.3 is 14.6 Å². The Morgan fingerprint density at radius 2 is 1.97 bits per heavy atom. The maximum Gasteiger partial charge on any atom is 0.344 e. The van der Waals surface area contributed by atoms with Gasteiger partial charge in [-0.15, -0.1) is 10.2 Å². The Balaban J connectivity index is 1.40. The highest BCUT2D eigenvalue weighted by atomic mass is 32.2. The highest BCUT2D eigenvalue weighted by molar-refractivity contribution is 7.99. The van der Waals surface area contributed by atoms with Crippen LogP contribution in [0.3, 0.4) is 0 Å². The molecule has 1 aliphatic carbocycles. The molecule has 2 fully saturated rings. The zero-order valence-corrected chi connectivity index (χ0v) is 20.0. The van der Waals surface area contributed by atoms with E-state index in [0.717, 1.165) is 36.3 Å². The van der Waals surface area contributed by atoms with E-state index in [-0.39, 0.29) is 11.7 Å². The summed E-state index contributed by atoms with van der Waals surface area (Å²) in [6, 6.07) is 3.12. The maximum absolute atomic E-state index is 12.9. The number of carbonyl (C=O) groups excluding carboxylic acids is 3. The largest absolute Gasteiger partial charge is 0.382 e. The van der Waals surface area contributed by atoms with Gasteiger partial charge in [0.2, 0.25) is 5.91 Å². The molecule has 1 saturated carbocycles. The molecule has 3 heterocycles. The SMILES string of the molecule is CCOCCCn1c(SCC(=O)NN2C(=O)NC3(CCCCC3)C2=O)nnc1-c1ccncc1. The Hall–Kier alpha value is -2.99. The smallest absolute Gasteiger partial charge is 0.344 e. The fraction of sp³-hybridized carbons (Fsp3) is 0.545. The molecule has 0 bridgehead atoms. The molecule has 182 valence electrons. The quantitative estimate of drug-likeness (QED) is 0.296. The van der Waals surface area contributed by atoms with E-state index >= 15 is 0 Å². The Labute approximate surface area is 202 Å². The molecule has 0 radical (unpaired) electrons. The molecule has 2 aromatic heterocycles. The molecule has 1 spiro atoms. The first-order chi connectivity index (χ1) is 16.5. The van der Waals surface area contributed by atoms with E-state index in [9.17, 15) is 14.4 Å². The molecular weight excluding hydrogens is 458 g/mol. The number of aromatic nitrogens is 4. The number of imide groups is 1. The first-order valence-electron chi connectivity index (χ1n) is 11.5. The summed E-state index contributed by atoms with van der Waals surface area (Å²) < 4.78 is 7.39. The molecule has 0 atom stereocenters. The number of ether oxygens (including phenoxy) is 1. The average molecular weight is 488 g/mol. The molecule has 4 amide bonds. The average Bonchev–Trinajstić information content (AvgIpc) is 3.35. The second-order valence-electron chi connectivity index (χ2n) is 8.28. The molecule has 2 N–H and O–H groups in total. The summed E-state index contributed by atoms with van der Waals surface area (Å²) in [5, 5.41) is 12.8. The van der Waals surface area contributed by atoms with Crippen molar-refractivity contribution in [3.63, 3.8) is 0 Å². The highest BCUT2D eigenvalue weighted by Crippen LogP contribution is 2.33. The summed E-state index contributed by atoms with van der Waals surface area (Å²) in [5.74, 6) is -0.190. The third-order valence-electron chi connectivity index (χ3n) is 5.97. The van der Waals surface area contributed by atoms with Crippen molar-refractivity contribution in [2.45, 2.75) is 62.7 Å². The van der Waals surface area contributed by atoms with E-state index in [1.807, 2.05) is 23.6 Å². The number of hydrogen-bond donors (Lipinski definition) is 2. The van der Waals surface area contributed by atoms with Gasteiger partial charge in [0.1, 0.15) is 5.54 Å². The van der Waals surface area contributed by atoms with Crippen LogP contribution in [0.4, 0.5) is 4.79 Å². The van der Waals surface area contributed by atoms with Gasteiger partial charge in [0.05, 0.1) is 5.75 Å². The van der Waals surface area contributed by atoms with Gasteiger partial charge in [-0.1, -0.05) is 31.0 Å². The van der Waals surface area contributed by atoms with E-state index in [1.54, 1.807) is 12.4 Å². The summed E-state index contributed by atoms with van der Waals surface area (Å²) in [7, 11) is 0. The third-order valence-corrected chi connectivity index (χ3v) is 6.93. The van der Waals surface area contributed by atoms with E-state index in [1.165, 1.54) is 11.8 Å². The van der Waals surface area contributed by atoms with Crippen molar-refractivity contribution in [1.29, 1.82) is 0 Å². The van der Waals surface area contributed by atoms with Crippen LogP contribution in [-0.4, -0.2) is 67.1 Å². The molecular formula is C22H29N7O4S. The van der Waals surface area contributed by atoms with Gasteiger partial charge in [-0.25, -0.2) is 4.79 Å². The predicted octanol–water partition coefficient (Wildman–Crippen LogP) is 2.14. The van der Waals surface area contributed by atoms with E-state index < -0.39 is 17.5 Å². The lowest BCUT2D eigenvalue weighted by Crippen LogP contribution is -2.51. The first kappa shape index (κ1) is 24.1. The number of nitrogens with zero attached hydrogens (tertiary/aromatic N) is 5. The summed E-state index contributed by atoms with van der Waals surface area (Å²) >= 11 is 1.20. The molecule has 2 aliphatic rings. The normalized spacial score (nSPS) is 17.3. The molecule has 11 nitrogen and oxygen atoms in total. The van der Waals surface area contributed by atoms with Crippen LogP contribution in [0.5, 0.6) is 0 Å². The lowest BCUT2D eigenvalue weighted by Gasteiger charge is -2.30. The first-order valence-corrected chi connectivity index (χ1v) is 12.5. The van der Waals surface area contributed by atoms with E-state index in [4.69, 9.17) is 4.74 Å². The van der Waals surface area contributed by atoms with Crippen molar-refractivity contribution in [3.05, 3.63) is 24.5 Å². The molecule has 2 aromatic rings. The van der Waals surface area contributed by atoms with Crippen molar-refractivity contribution in [1.82, 2.24) is 35.5 Å². The predicted molar refractivity (Wildman–Crippen MR) is 124 cm³/mol. The lowest BCUT2D eigenvalue weighted by atomic mass is 9.82. The molecule has 34 heavy (non-hydrogen) atoms. The lowest BCUT2D eigenvalue weighted by molar-refractivity contribution is -0.139. The Bertz CT molecular complexity index is 1020. The second-order valence-corrected chi connectivity index (χ2v) is 9.22. The zero-order valence-electron chi connectivity index (χ0n) is 19.2. The van der Waals surface area contributed by atoms with Crippen molar-refractivity contribution in [2.24, 2.45) is 0 Å². The maximum atomic E-state index is 12.9. The second kappa shape index (κ2) is 11.0. The number of hydrazine groups is 1. The van der Waals surface area contributed by atoms with Gasteiger partial charge in [-0.2, -0.15) is 5.01 Å². The number of pyridine rings is 1. The molecule has 0 unspecified atom stereocenters. The molecule has 1 saturated heterocycles. The van der Waals surface area contributed by atoms with Crippen molar-refractivity contribution in [3.8, 4) is 11.4 Å². The van der Waals surface area contributed by atoms with Gasteiger partial charge in [-0.05, 0) is 38.3 Å². The summed E-state index contributed by atoms with van der Waals surface area (Å²) in [5.41, 5.74) is 2.45. The van der Waals surface area contributed by atoms with Gasteiger partial charge in [0.25, 0.3) is 5.91 Å². The fourth-order valence-electron chi connectivity index (χ4n) is 4.28. The van der Waals surface area contributed by atoms with Crippen LogP contribution in [0.15, 0.2) is 29.7 Å². The summed E-state index contributed by atoms with van der Waals surface area (Å²) in [4.78, 5) is 41.9. The Morgan fingerprint density at radius 3 is 2.71 bits per heavy atom. The number of nitrogens with one attached hydrogen (secondary N) is 2. The topological polar surface area (TPSA) is 131 Å². The molecule has 4 rings (SSSR count). The minimum absolute atomic E-state index is 0.0238. The summed E-state index contributed by atoms with van der Waals surface area (Å²) in [6.07, 6.45) is 8.13. The molecule has 12 heteroatoms. The van der Waals surface area contributed by atoms with Crippen molar-refractivity contribution >= 4 is 29.6 Å². The molecule has 1 aliphatic heterocycles. The fourth-order valence-corrected chi connectivity index (χ4v) is 5.04. The standard InChI is InChI=1S/C22H29N7O4S/c1-2-33-14-6-13-28-18(16-7-11-23-12-8-16)25-26-21(28)34-15-17(30)27-29-19(31)22(24-20(29)32)9-4-3-5-10-22/h7-8,11-12H,2-6,9-10,13-15H2,1H3,(H,24,32)(H,27,30). The highest BCUT2D eigenvalue weighted by Gasteiger charge is 2.52. The minimum Gasteiger partial charge on any atom is -0.382 e. The van der Waals surface area contributed by atoms with Crippen molar-refractivity contribution in [2.75, 3.05) is 19.0 Å². The number of amides is 4. The summed E-state index contributed by atoms with van der Waals surface area (Å²) in [6.45, 7) is 3.81. The van der Waals surface area contributed by atoms with E-state index in [0.29, 0.717) is 43.6 Å². The number of hydrogen-bond acceptors (Lipinski definition) is 8. The number of rotatable bonds is 10. The van der Waals surface area contributed by atoms with Crippen LogP contribution >= 0.6 is 11.8 Å². The van der Waals surface area contributed by atoms with Gasteiger partial charge in [0.15, 0.2) is 11.0 Å². The van der Waals surface area contributed by atoms with E-state index in [2.05, 4.69) is 25.9 Å². The van der Waals surface area contributed by atoms with Crippen molar-refractivity contribution < 1.29 is 19.1 Å². The van der Waals surface area contributed by atoms with Gasteiger partial charge in [-0.3, -0.25) is 20.0 Å². The molecule has 0 aromatic carbocycles. The van der Waals surface area contributed by atoms with Crippen LogP contribution in [0.1, 0.15) is 45.4 Å². The van der Waals surface area contributed by atoms with Crippen LogP contribution < -0.4 is 10.7 Å². The van der Waals surface area contributed by atoms with Crippen LogP contribution in [0, 0.1) is 0 Å². The number of thioether (sulfide) groups is 1. The van der Waals surface area contributed by atoms with Crippen LogP contribution in [-0.2, 0) is 20.9 Å². The minimum atomic E-state index is -0.879. The van der Waals surface area contributed by atoms with Gasteiger partial charge >= 0.3 is 6.03 Å². The van der Waals surface area contributed by atoms with Gasteiger partial charge in [0, 0.05) is 37.7 Å². The van der Waals surface area contributed by atoms with Crippen LogP contribution in [0.25, 0.3) is 11.4 Å².